The van der Waals surface area contributed by atoms with E-state index in [-0.39, 0.29) is 6.61 Å². The Hall–Kier alpha value is -3.61. The van der Waals surface area contributed by atoms with Crippen LogP contribution >= 0.6 is 0 Å². The van der Waals surface area contributed by atoms with Crippen molar-refractivity contribution >= 4 is 17.7 Å². The molecule has 1 aromatic heterocycles. The number of rotatable bonds is 8. The van der Waals surface area contributed by atoms with Crippen molar-refractivity contribution in [1.29, 1.82) is 0 Å². The zero-order valence-corrected chi connectivity index (χ0v) is 16.4. The van der Waals surface area contributed by atoms with Gasteiger partial charge in [-0.2, -0.15) is 5.10 Å². The summed E-state index contributed by atoms with van der Waals surface area (Å²) in [5, 5.41) is 7.09. The fourth-order valence-corrected chi connectivity index (χ4v) is 2.68. The first kappa shape index (κ1) is 20.1. The molecule has 3 aromatic rings. The first-order valence-corrected chi connectivity index (χ1v) is 9.34. The van der Waals surface area contributed by atoms with Crippen LogP contribution in [0.25, 0.3) is 5.69 Å². The second-order valence-electron chi connectivity index (χ2n) is 6.41. The van der Waals surface area contributed by atoms with E-state index >= 15 is 0 Å². The molecule has 3 rings (SSSR count). The summed E-state index contributed by atoms with van der Waals surface area (Å²) in [4.78, 5) is 24.0. The van der Waals surface area contributed by atoms with Crippen LogP contribution in [-0.2, 0) is 20.7 Å². The number of ether oxygens (including phenoxy) is 2. The molecule has 0 atom stereocenters. The van der Waals surface area contributed by atoms with Crippen LogP contribution in [-0.4, -0.2) is 34.9 Å². The molecule has 1 amide bonds. The predicted molar refractivity (Wildman–Crippen MR) is 109 cm³/mol. The molecule has 2 aromatic carbocycles. The van der Waals surface area contributed by atoms with Gasteiger partial charge < -0.3 is 14.8 Å². The minimum Gasteiger partial charge on any atom is -0.482 e. The molecule has 1 heterocycles. The van der Waals surface area contributed by atoms with E-state index in [1.54, 1.807) is 22.9 Å². The van der Waals surface area contributed by atoms with Crippen LogP contribution in [0.15, 0.2) is 60.7 Å². The normalized spacial score (nSPS) is 10.4. The molecule has 0 fully saturated rings. The summed E-state index contributed by atoms with van der Waals surface area (Å²) in [5.41, 5.74) is 2.75. The largest absolute Gasteiger partial charge is 0.482 e. The first-order chi connectivity index (χ1) is 14.0. The highest BCUT2D eigenvalue weighted by Crippen LogP contribution is 2.17. The SMILES string of the molecule is CCc1ccc(OCC(=O)OCC(=O)Nc2cc(C)nn2-c2ccccc2)cc1. The Morgan fingerprint density at radius 3 is 2.45 bits per heavy atom. The van der Waals surface area contributed by atoms with Gasteiger partial charge in [0.2, 0.25) is 0 Å². The molecule has 7 heteroatoms. The van der Waals surface area contributed by atoms with Crippen LogP contribution in [0.3, 0.4) is 0 Å². The molecular weight excluding hydrogens is 370 g/mol. The van der Waals surface area contributed by atoms with E-state index in [0.717, 1.165) is 17.8 Å². The van der Waals surface area contributed by atoms with Crippen LogP contribution in [0, 0.1) is 6.92 Å². The van der Waals surface area contributed by atoms with E-state index in [9.17, 15) is 9.59 Å². The number of anilines is 1. The van der Waals surface area contributed by atoms with Crippen molar-refractivity contribution in [2.24, 2.45) is 0 Å². The lowest BCUT2D eigenvalue weighted by atomic mass is 10.2. The molecule has 0 saturated carbocycles. The van der Waals surface area contributed by atoms with Gasteiger partial charge in [-0.3, -0.25) is 4.79 Å². The molecule has 0 radical (unpaired) electrons. The molecule has 150 valence electrons. The van der Waals surface area contributed by atoms with Gasteiger partial charge in [0.05, 0.1) is 11.4 Å². The number of benzene rings is 2. The molecule has 0 aliphatic heterocycles. The van der Waals surface area contributed by atoms with Crippen LogP contribution in [0.5, 0.6) is 5.75 Å². The maximum atomic E-state index is 12.2. The summed E-state index contributed by atoms with van der Waals surface area (Å²) in [6.07, 6.45) is 0.931. The van der Waals surface area contributed by atoms with Gasteiger partial charge in [-0.05, 0) is 43.2 Å². The van der Waals surface area contributed by atoms with Crippen molar-refractivity contribution in [3.05, 3.63) is 71.9 Å². The predicted octanol–water partition coefficient (Wildman–Crippen LogP) is 3.30. The van der Waals surface area contributed by atoms with Gasteiger partial charge in [0.1, 0.15) is 11.6 Å². The van der Waals surface area contributed by atoms with Crippen molar-refractivity contribution in [3.8, 4) is 11.4 Å². The van der Waals surface area contributed by atoms with Gasteiger partial charge in [0, 0.05) is 6.07 Å². The lowest BCUT2D eigenvalue weighted by Crippen LogP contribution is -2.24. The third kappa shape index (κ3) is 5.68. The lowest BCUT2D eigenvalue weighted by Gasteiger charge is -2.10. The second-order valence-corrected chi connectivity index (χ2v) is 6.41. The summed E-state index contributed by atoms with van der Waals surface area (Å²) in [5.74, 6) is 0.00282. The molecule has 0 aliphatic carbocycles. The van der Waals surface area contributed by atoms with Gasteiger partial charge in [0.15, 0.2) is 13.2 Å². The van der Waals surface area contributed by atoms with E-state index in [0.29, 0.717) is 11.6 Å². The summed E-state index contributed by atoms with van der Waals surface area (Å²) in [6, 6.07) is 18.6. The highest BCUT2D eigenvalue weighted by atomic mass is 16.6. The molecule has 1 N–H and O–H groups in total. The third-order valence-electron chi connectivity index (χ3n) is 4.15. The number of aryl methyl sites for hydroxylation is 2. The maximum Gasteiger partial charge on any atom is 0.344 e. The van der Waals surface area contributed by atoms with Gasteiger partial charge in [-0.15, -0.1) is 0 Å². The maximum absolute atomic E-state index is 12.2. The van der Waals surface area contributed by atoms with Gasteiger partial charge in [-0.25, -0.2) is 9.48 Å². The Labute approximate surface area is 169 Å². The lowest BCUT2D eigenvalue weighted by molar-refractivity contribution is -0.149. The number of esters is 1. The fraction of sp³-hybridized carbons (Fsp3) is 0.227. The zero-order chi connectivity index (χ0) is 20.6. The average molecular weight is 393 g/mol. The van der Waals surface area contributed by atoms with Crippen LogP contribution < -0.4 is 10.1 Å². The van der Waals surface area contributed by atoms with Crippen LogP contribution in [0.4, 0.5) is 5.82 Å². The zero-order valence-electron chi connectivity index (χ0n) is 16.4. The molecule has 7 nitrogen and oxygen atoms in total. The van der Waals surface area contributed by atoms with Crippen LogP contribution in [0.2, 0.25) is 0 Å². The quantitative estimate of drug-likeness (QED) is 0.594. The summed E-state index contributed by atoms with van der Waals surface area (Å²) in [6.45, 7) is 3.22. The Kier molecular flexibility index (Phi) is 6.63. The highest BCUT2D eigenvalue weighted by Gasteiger charge is 2.13. The van der Waals surface area contributed by atoms with Gasteiger partial charge in [-0.1, -0.05) is 37.3 Å². The van der Waals surface area contributed by atoms with Crippen molar-refractivity contribution in [2.45, 2.75) is 20.3 Å². The Morgan fingerprint density at radius 2 is 1.76 bits per heavy atom. The van der Waals surface area contributed by atoms with E-state index < -0.39 is 18.5 Å². The molecular formula is C22H23N3O4. The molecule has 0 saturated heterocycles. The van der Waals surface area contributed by atoms with E-state index in [1.165, 1.54) is 5.56 Å². The Bertz CT molecular complexity index is 965. The standard InChI is InChI=1S/C22H23N3O4/c1-3-17-9-11-19(12-10-17)28-15-22(27)29-14-21(26)23-20-13-16(2)24-25(20)18-7-5-4-6-8-18/h4-13H,3,14-15H2,1-2H3,(H,23,26). The molecule has 29 heavy (non-hydrogen) atoms. The average Bonchev–Trinajstić information content (AvgIpc) is 3.11. The molecule has 0 unspecified atom stereocenters. The van der Waals surface area contributed by atoms with Crippen LogP contribution in [0.1, 0.15) is 18.2 Å². The Morgan fingerprint density at radius 1 is 1.03 bits per heavy atom. The minimum atomic E-state index is -0.618. The third-order valence-corrected chi connectivity index (χ3v) is 4.15. The van der Waals surface area contributed by atoms with Crippen molar-refractivity contribution in [1.82, 2.24) is 9.78 Å². The smallest absolute Gasteiger partial charge is 0.344 e. The number of carbonyl (C=O) groups excluding carboxylic acids is 2. The number of hydrogen-bond acceptors (Lipinski definition) is 5. The number of para-hydroxylation sites is 1. The van der Waals surface area contributed by atoms with Gasteiger partial charge >= 0.3 is 5.97 Å². The van der Waals surface area contributed by atoms with E-state index in [4.69, 9.17) is 9.47 Å². The number of nitrogens with one attached hydrogen (secondary N) is 1. The second kappa shape index (κ2) is 9.54. The van der Waals surface area contributed by atoms with Crippen molar-refractivity contribution in [2.75, 3.05) is 18.5 Å². The summed E-state index contributed by atoms with van der Waals surface area (Å²) in [7, 11) is 0. The molecule has 0 bridgehead atoms. The number of nitrogens with zero attached hydrogens (tertiary/aromatic N) is 2. The fourth-order valence-electron chi connectivity index (χ4n) is 2.68. The molecule has 0 aliphatic rings. The summed E-state index contributed by atoms with van der Waals surface area (Å²) < 4.78 is 12.0. The Balaban J connectivity index is 1.49. The number of aromatic nitrogens is 2. The monoisotopic (exact) mass is 393 g/mol. The van der Waals surface area contributed by atoms with Gasteiger partial charge in [0.25, 0.3) is 5.91 Å². The summed E-state index contributed by atoms with van der Waals surface area (Å²) >= 11 is 0. The van der Waals surface area contributed by atoms with E-state index in [1.807, 2.05) is 49.4 Å². The topological polar surface area (TPSA) is 82.4 Å². The van der Waals surface area contributed by atoms with Crippen molar-refractivity contribution in [3.63, 3.8) is 0 Å². The van der Waals surface area contributed by atoms with Crippen molar-refractivity contribution < 1.29 is 19.1 Å². The highest BCUT2D eigenvalue weighted by molar-refractivity contribution is 5.92. The first-order valence-electron chi connectivity index (χ1n) is 9.34. The van der Waals surface area contributed by atoms with E-state index in [2.05, 4.69) is 17.3 Å². The number of carbonyl (C=O) groups is 2. The number of amides is 1. The minimum absolute atomic E-state index is 0.264. The molecule has 0 spiro atoms. The number of hydrogen-bond donors (Lipinski definition) is 1.